The number of carboxylic acid groups (broad SMARTS) is 1. The first-order valence-electron chi connectivity index (χ1n) is 7.18. The molecule has 1 aromatic carbocycles. The predicted octanol–water partition coefficient (Wildman–Crippen LogP) is 1.60. The summed E-state index contributed by atoms with van der Waals surface area (Å²) in [5, 5.41) is 10.4. The molecule has 1 atom stereocenters. The minimum Gasteiger partial charge on any atom is -0.550 e. The Kier molecular flexibility index (Phi) is 6.40. The van der Waals surface area contributed by atoms with E-state index in [1.54, 1.807) is 32.9 Å². The third kappa shape index (κ3) is 5.48. The monoisotopic (exact) mass is 366 g/mol. The van der Waals surface area contributed by atoms with Gasteiger partial charge in [0, 0.05) is 12.5 Å². The summed E-state index contributed by atoms with van der Waals surface area (Å²) < 4.78 is 65.4. The van der Waals surface area contributed by atoms with E-state index in [0.717, 1.165) is 5.56 Å². The zero-order chi connectivity index (χ0) is 18.7. The topological polar surface area (TPSA) is 86.3 Å². The first-order chi connectivity index (χ1) is 10.8. The van der Waals surface area contributed by atoms with E-state index in [9.17, 15) is 31.5 Å². The fraction of sp³-hybridized carbons (Fsp3) is 0.533. The van der Waals surface area contributed by atoms with Gasteiger partial charge in [-0.1, -0.05) is 17.7 Å². The number of alkyl halides is 3. The molecule has 9 heteroatoms. The number of hydrogen-bond acceptors (Lipinski definition) is 4. The molecule has 0 aliphatic carbocycles. The summed E-state index contributed by atoms with van der Waals surface area (Å²) >= 11 is 0. The van der Waals surface area contributed by atoms with Crippen LogP contribution in [0.2, 0.25) is 0 Å². The highest BCUT2D eigenvalue weighted by molar-refractivity contribution is 7.89. The molecule has 0 spiro atoms. The average Bonchev–Trinajstić information content (AvgIpc) is 2.34. The smallest absolute Gasteiger partial charge is 0.393 e. The summed E-state index contributed by atoms with van der Waals surface area (Å²) in [6.07, 6.45) is -6.26. The Morgan fingerprint density at radius 1 is 1.21 bits per heavy atom. The number of carbonyl (C=O) groups is 1. The number of halogens is 3. The lowest BCUT2D eigenvalue weighted by Gasteiger charge is -2.21. The summed E-state index contributed by atoms with van der Waals surface area (Å²) in [5.74, 6) is -3.71. The fourth-order valence-corrected chi connectivity index (χ4v) is 4.08. The first-order valence-corrected chi connectivity index (χ1v) is 8.67. The van der Waals surface area contributed by atoms with Crippen molar-refractivity contribution in [3.8, 4) is 0 Å². The molecule has 0 fully saturated rings. The molecule has 0 saturated heterocycles. The summed E-state index contributed by atoms with van der Waals surface area (Å²) in [6.45, 7) is 3.98. The van der Waals surface area contributed by atoms with Crippen LogP contribution in [0.1, 0.15) is 29.5 Å². The van der Waals surface area contributed by atoms with Crippen molar-refractivity contribution in [2.45, 2.75) is 44.7 Å². The van der Waals surface area contributed by atoms with Crippen molar-refractivity contribution >= 4 is 16.0 Å². The highest BCUT2D eigenvalue weighted by Gasteiger charge is 2.39. The molecule has 0 aliphatic rings. The van der Waals surface area contributed by atoms with Gasteiger partial charge in [-0.25, -0.2) is 13.1 Å². The zero-order valence-corrected chi connectivity index (χ0v) is 14.3. The van der Waals surface area contributed by atoms with Crippen LogP contribution in [0.4, 0.5) is 13.2 Å². The van der Waals surface area contributed by atoms with Gasteiger partial charge in [0.2, 0.25) is 10.0 Å². The summed E-state index contributed by atoms with van der Waals surface area (Å²) in [7, 11) is -4.15. The molecular weight excluding hydrogens is 347 g/mol. The standard InChI is InChI=1S/C15H20F3NO4S/c1-9-6-10(2)14(11(3)7-9)24(22,23)19-8-12(15(16,17)18)4-5-13(20)21/h6-7,12,19H,4-5,8H2,1-3H3,(H,20,21)/p-1. The molecule has 0 aliphatic heterocycles. The van der Waals surface area contributed by atoms with Crippen molar-refractivity contribution in [3.63, 3.8) is 0 Å². The Bertz CT molecular complexity index is 691. The molecule has 1 rings (SSSR count). The molecule has 0 saturated carbocycles. The molecule has 0 amide bonds. The second kappa shape index (κ2) is 7.52. The van der Waals surface area contributed by atoms with Gasteiger partial charge in [-0.3, -0.25) is 0 Å². The first kappa shape index (κ1) is 20.4. The van der Waals surface area contributed by atoms with Crippen LogP contribution in [0.3, 0.4) is 0 Å². The normalized spacial score (nSPS) is 13.8. The summed E-state index contributed by atoms with van der Waals surface area (Å²) in [4.78, 5) is 10.3. The van der Waals surface area contributed by atoms with E-state index in [0.29, 0.717) is 11.1 Å². The van der Waals surface area contributed by atoms with E-state index >= 15 is 0 Å². The molecule has 24 heavy (non-hydrogen) atoms. The van der Waals surface area contributed by atoms with Gasteiger partial charge >= 0.3 is 6.18 Å². The van der Waals surface area contributed by atoms with E-state index < -0.39 is 47.5 Å². The maximum atomic E-state index is 12.9. The number of nitrogens with one attached hydrogen (secondary N) is 1. The van der Waals surface area contributed by atoms with Crippen molar-refractivity contribution < 1.29 is 31.5 Å². The van der Waals surface area contributed by atoms with Crippen LogP contribution in [0.15, 0.2) is 17.0 Å². The van der Waals surface area contributed by atoms with Crippen molar-refractivity contribution in [1.29, 1.82) is 0 Å². The zero-order valence-electron chi connectivity index (χ0n) is 13.5. The Balaban J connectivity index is 2.99. The SMILES string of the molecule is Cc1cc(C)c(S(=O)(=O)NCC(CCC(=O)[O-])C(F)(F)F)c(C)c1. The molecule has 0 aromatic heterocycles. The number of rotatable bonds is 7. The third-order valence-corrected chi connectivity index (χ3v) is 5.28. The molecule has 0 radical (unpaired) electrons. The van der Waals surface area contributed by atoms with Crippen molar-refractivity contribution in [3.05, 3.63) is 28.8 Å². The third-order valence-electron chi connectivity index (χ3n) is 3.55. The number of benzene rings is 1. The largest absolute Gasteiger partial charge is 0.550 e. The molecule has 1 N–H and O–H groups in total. The number of aliphatic carboxylic acids is 1. The number of hydrogen-bond donors (Lipinski definition) is 1. The van der Waals surface area contributed by atoms with Crippen LogP contribution in [0.5, 0.6) is 0 Å². The molecule has 5 nitrogen and oxygen atoms in total. The van der Waals surface area contributed by atoms with Crippen LogP contribution >= 0.6 is 0 Å². The Morgan fingerprint density at radius 2 is 1.71 bits per heavy atom. The maximum absolute atomic E-state index is 12.9. The van der Waals surface area contributed by atoms with Gasteiger partial charge in [-0.2, -0.15) is 13.2 Å². The van der Waals surface area contributed by atoms with Gasteiger partial charge in [-0.15, -0.1) is 0 Å². The molecule has 1 unspecified atom stereocenters. The molecule has 1 aromatic rings. The van der Waals surface area contributed by atoms with Gasteiger partial charge in [0.15, 0.2) is 0 Å². The minimum atomic E-state index is -4.71. The number of sulfonamides is 1. The maximum Gasteiger partial charge on any atom is 0.393 e. The highest BCUT2D eigenvalue weighted by Crippen LogP contribution is 2.30. The minimum absolute atomic E-state index is 0.0612. The average molecular weight is 366 g/mol. The van der Waals surface area contributed by atoms with Crippen molar-refractivity contribution in [1.82, 2.24) is 4.72 Å². The second-order valence-corrected chi connectivity index (χ2v) is 7.43. The van der Waals surface area contributed by atoms with Crippen LogP contribution in [-0.4, -0.2) is 27.1 Å². The van der Waals surface area contributed by atoms with E-state index in [4.69, 9.17) is 0 Å². The van der Waals surface area contributed by atoms with Gasteiger partial charge in [0.05, 0.1) is 10.8 Å². The Morgan fingerprint density at radius 3 is 2.12 bits per heavy atom. The van der Waals surface area contributed by atoms with Gasteiger partial charge in [0.1, 0.15) is 0 Å². The van der Waals surface area contributed by atoms with Crippen molar-refractivity contribution in [2.24, 2.45) is 5.92 Å². The lowest BCUT2D eigenvalue weighted by Crippen LogP contribution is -2.38. The fourth-order valence-electron chi connectivity index (χ4n) is 2.55. The Labute approximate surface area is 138 Å². The van der Waals surface area contributed by atoms with Crippen LogP contribution in [-0.2, 0) is 14.8 Å². The van der Waals surface area contributed by atoms with Crippen LogP contribution < -0.4 is 9.83 Å². The number of carbonyl (C=O) groups excluding carboxylic acids is 1. The second-order valence-electron chi connectivity index (χ2n) is 5.73. The predicted molar refractivity (Wildman–Crippen MR) is 79.6 cm³/mol. The number of carboxylic acids is 1. The number of aryl methyl sites for hydroxylation is 3. The van der Waals surface area contributed by atoms with Gasteiger partial charge in [0.25, 0.3) is 0 Å². The lowest BCUT2D eigenvalue weighted by molar-refractivity contribution is -0.306. The van der Waals surface area contributed by atoms with Crippen molar-refractivity contribution in [2.75, 3.05) is 6.54 Å². The lowest BCUT2D eigenvalue weighted by atomic mass is 10.0. The highest BCUT2D eigenvalue weighted by atomic mass is 32.2. The van der Waals surface area contributed by atoms with Gasteiger partial charge in [-0.05, 0) is 44.7 Å². The van der Waals surface area contributed by atoms with E-state index in [1.807, 2.05) is 4.72 Å². The summed E-state index contributed by atoms with van der Waals surface area (Å²) in [5.41, 5.74) is 1.70. The van der Waals surface area contributed by atoms with Crippen LogP contribution in [0, 0.1) is 26.7 Å². The Hall–Kier alpha value is -1.61. The van der Waals surface area contributed by atoms with Gasteiger partial charge < -0.3 is 9.90 Å². The van der Waals surface area contributed by atoms with E-state index in [-0.39, 0.29) is 4.90 Å². The molecular formula is C15H19F3NO4S-. The molecule has 0 bridgehead atoms. The van der Waals surface area contributed by atoms with E-state index in [1.165, 1.54) is 0 Å². The quantitative estimate of drug-likeness (QED) is 0.794. The summed E-state index contributed by atoms with van der Waals surface area (Å²) in [6, 6.07) is 3.25. The molecule has 0 heterocycles. The van der Waals surface area contributed by atoms with E-state index in [2.05, 4.69) is 0 Å². The van der Waals surface area contributed by atoms with Crippen LogP contribution in [0.25, 0.3) is 0 Å². The molecule has 136 valence electrons.